The van der Waals surface area contributed by atoms with Crippen LogP contribution < -0.4 is 0 Å². The number of ether oxygens (including phenoxy) is 1. The molecular formula is C15H17ClN2O. The summed E-state index contributed by atoms with van der Waals surface area (Å²) in [4.78, 5) is 0. The van der Waals surface area contributed by atoms with Crippen molar-refractivity contribution in [1.82, 2.24) is 9.78 Å². The minimum Gasteiger partial charge on any atom is -0.373 e. The molecule has 2 unspecified atom stereocenters. The van der Waals surface area contributed by atoms with E-state index in [9.17, 15) is 0 Å². The zero-order chi connectivity index (χ0) is 13.1. The number of para-hydroxylation sites is 1. The van der Waals surface area contributed by atoms with Crippen molar-refractivity contribution in [3.05, 3.63) is 48.3 Å². The fourth-order valence-electron chi connectivity index (χ4n) is 2.58. The Kier molecular flexibility index (Phi) is 3.85. The lowest BCUT2D eigenvalue weighted by atomic mass is 9.93. The molecule has 0 amide bonds. The molecule has 0 bridgehead atoms. The smallest absolute Gasteiger partial charge is 0.0894 e. The van der Waals surface area contributed by atoms with Gasteiger partial charge in [-0.15, -0.1) is 11.6 Å². The van der Waals surface area contributed by atoms with Crippen LogP contribution in [0.25, 0.3) is 5.69 Å². The van der Waals surface area contributed by atoms with E-state index in [0.717, 1.165) is 30.7 Å². The van der Waals surface area contributed by atoms with Crippen LogP contribution in [0, 0.1) is 5.92 Å². The zero-order valence-electron chi connectivity index (χ0n) is 10.7. The predicted octanol–water partition coefficient (Wildman–Crippen LogP) is 3.58. The molecule has 1 aliphatic heterocycles. The Labute approximate surface area is 118 Å². The zero-order valence-corrected chi connectivity index (χ0v) is 11.5. The highest BCUT2D eigenvalue weighted by Gasteiger charge is 2.27. The fraction of sp³-hybridized carbons (Fsp3) is 0.400. The number of rotatable bonds is 3. The summed E-state index contributed by atoms with van der Waals surface area (Å²) in [6, 6.07) is 10.1. The normalized spacial score (nSPS) is 23.4. The largest absolute Gasteiger partial charge is 0.373 e. The number of benzene rings is 1. The van der Waals surface area contributed by atoms with Gasteiger partial charge in [0.05, 0.1) is 18.0 Å². The first-order valence-corrected chi connectivity index (χ1v) is 7.19. The third kappa shape index (κ3) is 2.67. The standard InChI is InChI=1S/C15H17ClN2O/c16-9-12-5-4-8-19-15(12)13-10-17-18(11-13)14-6-2-1-3-7-14/h1-3,6-7,10-12,15H,4-5,8-9H2. The summed E-state index contributed by atoms with van der Waals surface area (Å²) < 4.78 is 7.77. The van der Waals surface area contributed by atoms with E-state index in [2.05, 4.69) is 5.10 Å². The third-order valence-corrected chi connectivity index (χ3v) is 3.99. The van der Waals surface area contributed by atoms with E-state index in [1.54, 1.807) is 0 Å². The number of nitrogens with zero attached hydrogens (tertiary/aromatic N) is 2. The van der Waals surface area contributed by atoms with Crippen molar-refractivity contribution in [1.29, 1.82) is 0 Å². The highest BCUT2D eigenvalue weighted by Crippen LogP contribution is 2.34. The first kappa shape index (κ1) is 12.7. The van der Waals surface area contributed by atoms with Crippen LogP contribution in [-0.2, 0) is 4.74 Å². The summed E-state index contributed by atoms with van der Waals surface area (Å²) >= 11 is 6.04. The maximum absolute atomic E-state index is 6.04. The second-order valence-corrected chi connectivity index (χ2v) is 5.21. The van der Waals surface area contributed by atoms with Crippen molar-refractivity contribution in [2.24, 2.45) is 5.92 Å². The minimum absolute atomic E-state index is 0.0868. The SMILES string of the molecule is ClCC1CCCOC1c1cnn(-c2ccccc2)c1. The van der Waals surface area contributed by atoms with E-state index in [-0.39, 0.29) is 6.10 Å². The lowest BCUT2D eigenvalue weighted by molar-refractivity contribution is -0.0208. The summed E-state index contributed by atoms with van der Waals surface area (Å²) in [5, 5.41) is 4.42. The second kappa shape index (κ2) is 5.76. The van der Waals surface area contributed by atoms with Gasteiger partial charge in [0.15, 0.2) is 0 Å². The van der Waals surface area contributed by atoms with Crippen molar-refractivity contribution in [2.75, 3.05) is 12.5 Å². The van der Waals surface area contributed by atoms with E-state index in [1.165, 1.54) is 0 Å². The molecule has 0 radical (unpaired) electrons. The molecule has 2 heterocycles. The van der Waals surface area contributed by atoms with Crippen LogP contribution >= 0.6 is 11.6 Å². The molecule has 3 rings (SSSR count). The fourth-order valence-corrected chi connectivity index (χ4v) is 2.89. The molecule has 0 aliphatic carbocycles. The monoisotopic (exact) mass is 276 g/mol. The quantitative estimate of drug-likeness (QED) is 0.801. The van der Waals surface area contributed by atoms with Crippen LogP contribution in [0.4, 0.5) is 0 Å². The van der Waals surface area contributed by atoms with Gasteiger partial charge in [0.2, 0.25) is 0 Å². The van der Waals surface area contributed by atoms with Gasteiger partial charge in [0.25, 0.3) is 0 Å². The Morgan fingerprint density at radius 1 is 1.32 bits per heavy atom. The van der Waals surface area contributed by atoms with Crippen LogP contribution in [0.1, 0.15) is 24.5 Å². The lowest BCUT2D eigenvalue weighted by Gasteiger charge is -2.29. The Hall–Kier alpha value is -1.32. The molecule has 1 saturated heterocycles. The van der Waals surface area contributed by atoms with Crippen LogP contribution in [0.5, 0.6) is 0 Å². The summed E-state index contributed by atoms with van der Waals surface area (Å²) in [7, 11) is 0. The Morgan fingerprint density at radius 2 is 2.16 bits per heavy atom. The van der Waals surface area contributed by atoms with E-state index in [1.807, 2.05) is 47.4 Å². The molecule has 3 nitrogen and oxygen atoms in total. The minimum atomic E-state index is 0.0868. The van der Waals surface area contributed by atoms with Crippen molar-refractivity contribution < 1.29 is 4.74 Å². The third-order valence-electron chi connectivity index (χ3n) is 3.59. The first-order chi connectivity index (χ1) is 9.38. The molecule has 1 aromatic carbocycles. The Balaban J connectivity index is 1.84. The number of aromatic nitrogens is 2. The Morgan fingerprint density at radius 3 is 2.95 bits per heavy atom. The van der Waals surface area contributed by atoms with Gasteiger partial charge in [-0.1, -0.05) is 18.2 Å². The summed E-state index contributed by atoms with van der Waals surface area (Å²) in [6.07, 6.45) is 6.25. The summed E-state index contributed by atoms with van der Waals surface area (Å²) in [6.45, 7) is 0.814. The van der Waals surface area contributed by atoms with Gasteiger partial charge in [-0.2, -0.15) is 5.10 Å². The van der Waals surface area contributed by atoms with Gasteiger partial charge < -0.3 is 4.74 Å². The molecule has 19 heavy (non-hydrogen) atoms. The van der Waals surface area contributed by atoms with E-state index < -0.39 is 0 Å². The van der Waals surface area contributed by atoms with Gasteiger partial charge in [-0.25, -0.2) is 4.68 Å². The maximum Gasteiger partial charge on any atom is 0.0894 e. The van der Waals surface area contributed by atoms with Crippen LogP contribution in [0.3, 0.4) is 0 Å². The molecule has 100 valence electrons. The molecule has 0 saturated carbocycles. The molecule has 0 spiro atoms. The average molecular weight is 277 g/mol. The summed E-state index contributed by atoms with van der Waals surface area (Å²) in [5.41, 5.74) is 2.18. The number of hydrogen-bond acceptors (Lipinski definition) is 2. The number of hydrogen-bond donors (Lipinski definition) is 0. The number of halogens is 1. The molecular weight excluding hydrogens is 260 g/mol. The van der Waals surface area contributed by atoms with Crippen molar-refractivity contribution >= 4 is 11.6 Å². The van der Waals surface area contributed by atoms with E-state index in [0.29, 0.717) is 11.8 Å². The van der Waals surface area contributed by atoms with Crippen LogP contribution in [-0.4, -0.2) is 22.3 Å². The predicted molar refractivity (Wildman–Crippen MR) is 75.7 cm³/mol. The van der Waals surface area contributed by atoms with E-state index >= 15 is 0 Å². The average Bonchev–Trinajstić information content (AvgIpc) is 2.98. The highest BCUT2D eigenvalue weighted by atomic mass is 35.5. The molecule has 4 heteroatoms. The van der Waals surface area contributed by atoms with Crippen LogP contribution in [0.15, 0.2) is 42.7 Å². The van der Waals surface area contributed by atoms with Crippen molar-refractivity contribution in [3.8, 4) is 5.69 Å². The Bertz CT molecular complexity index is 526. The van der Waals surface area contributed by atoms with Gasteiger partial charge in [-0.05, 0) is 25.0 Å². The maximum atomic E-state index is 6.04. The van der Waals surface area contributed by atoms with Gasteiger partial charge >= 0.3 is 0 Å². The molecule has 1 aromatic heterocycles. The van der Waals surface area contributed by atoms with Crippen molar-refractivity contribution in [3.63, 3.8) is 0 Å². The van der Waals surface area contributed by atoms with Crippen molar-refractivity contribution in [2.45, 2.75) is 18.9 Å². The van der Waals surface area contributed by atoms with Gasteiger partial charge in [-0.3, -0.25) is 0 Å². The van der Waals surface area contributed by atoms with E-state index in [4.69, 9.17) is 16.3 Å². The second-order valence-electron chi connectivity index (χ2n) is 4.90. The highest BCUT2D eigenvalue weighted by molar-refractivity contribution is 6.18. The molecule has 1 aliphatic rings. The van der Waals surface area contributed by atoms with Gasteiger partial charge in [0, 0.05) is 30.2 Å². The molecule has 2 aromatic rings. The lowest BCUT2D eigenvalue weighted by Crippen LogP contribution is -2.23. The summed E-state index contributed by atoms with van der Waals surface area (Å²) in [5.74, 6) is 1.03. The van der Waals surface area contributed by atoms with Gasteiger partial charge in [0.1, 0.15) is 0 Å². The molecule has 1 fully saturated rings. The first-order valence-electron chi connectivity index (χ1n) is 6.66. The topological polar surface area (TPSA) is 27.1 Å². The molecule has 0 N–H and O–H groups in total. The number of alkyl halides is 1. The van der Waals surface area contributed by atoms with Crippen LogP contribution in [0.2, 0.25) is 0 Å². The molecule has 2 atom stereocenters.